The van der Waals surface area contributed by atoms with Crippen LogP contribution in [0, 0.1) is 0 Å². The van der Waals surface area contributed by atoms with Crippen LogP contribution in [0.2, 0.25) is 0 Å². The van der Waals surface area contributed by atoms with Gasteiger partial charge in [0.25, 0.3) is 0 Å². The fourth-order valence-corrected chi connectivity index (χ4v) is 1.16. The van der Waals surface area contributed by atoms with Crippen molar-refractivity contribution in [3.8, 4) is 0 Å². The zero-order valence-corrected chi connectivity index (χ0v) is 11.0. The quantitative estimate of drug-likeness (QED) is 0.293. The molecule has 0 aliphatic heterocycles. The van der Waals surface area contributed by atoms with Gasteiger partial charge >= 0.3 is 5.97 Å². The summed E-state index contributed by atoms with van der Waals surface area (Å²) in [5, 5.41) is 60.5. The largest absolute Gasteiger partial charge is 0.478 e. The predicted octanol–water partition coefficient (Wildman–Crippen LogP) is -2.81. The Morgan fingerprint density at radius 1 is 1.05 bits per heavy atom. The molecule has 9 nitrogen and oxygen atoms in total. The standard InChI is InChI=1S/C6H5NO2.C6H14O6/c8-6(9)5-2-1-3-7-4-5;7-1-3(9)5(11)6(12)4(10)2-8/h1-4H,(H,8,9);3-12H,1-2H2/t;3-,4+,5-,6-/m.1/s1. The SMILES string of the molecule is O=C(O)c1cccnc1.OC[C@@H](O)[C@@H](O)[C@H](O)[C@@H](O)CO. The number of carbonyl (C=O) groups is 1. The molecule has 0 aromatic carbocycles. The van der Waals surface area contributed by atoms with Gasteiger partial charge < -0.3 is 35.7 Å². The molecular weight excluding hydrogens is 286 g/mol. The van der Waals surface area contributed by atoms with Gasteiger partial charge in [-0.3, -0.25) is 4.98 Å². The van der Waals surface area contributed by atoms with Crippen molar-refractivity contribution in [2.75, 3.05) is 13.2 Å². The minimum atomic E-state index is -1.67. The predicted molar refractivity (Wildman–Crippen MR) is 69.4 cm³/mol. The second kappa shape index (κ2) is 10.2. The van der Waals surface area contributed by atoms with E-state index in [2.05, 4.69) is 4.98 Å². The number of carboxylic acids is 1. The molecule has 0 spiro atoms. The first kappa shape index (κ1) is 19.4. The molecule has 7 N–H and O–H groups in total. The van der Waals surface area contributed by atoms with Gasteiger partial charge in [0.05, 0.1) is 18.8 Å². The van der Waals surface area contributed by atoms with E-state index in [1.165, 1.54) is 18.5 Å². The average Bonchev–Trinajstić information content (AvgIpc) is 2.53. The molecule has 9 heteroatoms. The first-order valence-electron chi connectivity index (χ1n) is 5.92. The molecule has 0 radical (unpaired) electrons. The summed E-state index contributed by atoms with van der Waals surface area (Å²) in [5.74, 6) is -0.942. The van der Waals surface area contributed by atoms with Crippen molar-refractivity contribution in [3.63, 3.8) is 0 Å². The second-order valence-corrected chi connectivity index (χ2v) is 4.03. The molecule has 1 heterocycles. The van der Waals surface area contributed by atoms with Crippen LogP contribution in [0.15, 0.2) is 24.5 Å². The Bertz CT molecular complexity index is 388. The lowest BCUT2D eigenvalue weighted by molar-refractivity contribution is -0.123. The zero-order valence-electron chi connectivity index (χ0n) is 11.0. The Morgan fingerprint density at radius 3 is 1.76 bits per heavy atom. The van der Waals surface area contributed by atoms with E-state index in [4.69, 9.17) is 35.7 Å². The van der Waals surface area contributed by atoms with Crippen LogP contribution in [0.5, 0.6) is 0 Å². The van der Waals surface area contributed by atoms with Gasteiger partial charge in [-0.15, -0.1) is 0 Å². The van der Waals surface area contributed by atoms with Crippen LogP contribution in [0.25, 0.3) is 0 Å². The summed E-state index contributed by atoms with van der Waals surface area (Å²) in [6, 6.07) is 3.08. The van der Waals surface area contributed by atoms with Crippen LogP contribution in [-0.2, 0) is 0 Å². The number of hydrogen-bond donors (Lipinski definition) is 7. The van der Waals surface area contributed by atoms with Gasteiger partial charge in [0.15, 0.2) is 0 Å². The summed E-state index contributed by atoms with van der Waals surface area (Å²) in [4.78, 5) is 13.8. The highest BCUT2D eigenvalue weighted by Gasteiger charge is 2.29. The average molecular weight is 305 g/mol. The number of pyridine rings is 1. The third-order valence-corrected chi connectivity index (χ3v) is 2.42. The summed E-state index contributed by atoms with van der Waals surface area (Å²) in [6.07, 6.45) is -3.55. The molecule has 0 aliphatic rings. The van der Waals surface area contributed by atoms with Crippen LogP contribution in [0.1, 0.15) is 10.4 Å². The number of nitrogens with zero attached hydrogens (tertiary/aromatic N) is 1. The lowest BCUT2D eigenvalue weighted by Crippen LogP contribution is -2.46. The highest BCUT2D eigenvalue weighted by atomic mass is 16.4. The fraction of sp³-hybridized carbons (Fsp3) is 0.500. The van der Waals surface area contributed by atoms with Crippen molar-refractivity contribution in [2.24, 2.45) is 0 Å². The highest BCUT2D eigenvalue weighted by molar-refractivity contribution is 5.86. The number of aromatic nitrogens is 1. The van der Waals surface area contributed by atoms with Gasteiger partial charge in [0.1, 0.15) is 24.4 Å². The van der Waals surface area contributed by atoms with Crippen LogP contribution < -0.4 is 0 Å². The molecule has 0 fully saturated rings. The van der Waals surface area contributed by atoms with Crippen LogP contribution >= 0.6 is 0 Å². The first-order chi connectivity index (χ1) is 9.84. The minimum Gasteiger partial charge on any atom is -0.478 e. The van der Waals surface area contributed by atoms with Gasteiger partial charge in [-0.25, -0.2) is 4.79 Å². The van der Waals surface area contributed by atoms with Gasteiger partial charge in [0.2, 0.25) is 0 Å². The molecule has 0 amide bonds. The van der Waals surface area contributed by atoms with E-state index in [1.54, 1.807) is 6.07 Å². The Morgan fingerprint density at radius 2 is 1.52 bits per heavy atom. The van der Waals surface area contributed by atoms with E-state index in [1.807, 2.05) is 0 Å². The molecule has 0 saturated heterocycles. The summed E-state index contributed by atoms with van der Waals surface area (Å²) in [6.45, 7) is -1.45. The lowest BCUT2D eigenvalue weighted by atomic mass is 10.0. The molecular formula is C12H19NO8. The number of hydrogen-bond acceptors (Lipinski definition) is 8. The van der Waals surface area contributed by atoms with Crippen molar-refractivity contribution in [1.82, 2.24) is 4.98 Å². The monoisotopic (exact) mass is 305 g/mol. The number of aromatic carboxylic acids is 1. The Labute approximate surface area is 120 Å². The molecule has 4 atom stereocenters. The van der Waals surface area contributed by atoms with Crippen LogP contribution in [-0.4, -0.2) is 84.3 Å². The van der Waals surface area contributed by atoms with E-state index in [9.17, 15) is 4.79 Å². The van der Waals surface area contributed by atoms with Gasteiger partial charge in [-0.1, -0.05) is 0 Å². The topological polar surface area (TPSA) is 172 Å². The molecule has 0 aliphatic carbocycles. The Hall–Kier alpha value is -1.62. The fourth-order valence-electron chi connectivity index (χ4n) is 1.16. The minimum absolute atomic E-state index is 0.220. The second-order valence-electron chi connectivity index (χ2n) is 4.03. The van der Waals surface area contributed by atoms with E-state index in [-0.39, 0.29) is 5.56 Å². The molecule has 1 aromatic heterocycles. The van der Waals surface area contributed by atoms with Crippen LogP contribution in [0.4, 0.5) is 0 Å². The Kier molecular flexibility index (Phi) is 9.37. The smallest absolute Gasteiger partial charge is 0.337 e. The Balaban J connectivity index is 0.000000394. The molecule has 1 rings (SSSR count). The maximum atomic E-state index is 10.2. The van der Waals surface area contributed by atoms with Crippen molar-refractivity contribution >= 4 is 5.97 Å². The van der Waals surface area contributed by atoms with Gasteiger partial charge in [0, 0.05) is 12.4 Å². The van der Waals surface area contributed by atoms with Gasteiger partial charge in [-0.05, 0) is 12.1 Å². The van der Waals surface area contributed by atoms with Crippen molar-refractivity contribution in [2.45, 2.75) is 24.4 Å². The summed E-state index contributed by atoms with van der Waals surface area (Å²) in [7, 11) is 0. The van der Waals surface area contributed by atoms with Crippen molar-refractivity contribution in [1.29, 1.82) is 0 Å². The normalized spacial score (nSPS) is 16.1. The molecule has 120 valence electrons. The summed E-state index contributed by atoms with van der Waals surface area (Å²) in [5.41, 5.74) is 0.220. The maximum absolute atomic E-state index is 10.2. The third kappa shape index (κ3) is 7.09. The number of aliphatic hydroxyl groups excluding tert-OH is 6. The van der Waals surface area contributed by atoms with Crippen molar-refractivity contribution in [3.05, 3.63) is 30.1 Å². The third-order valence-electron chi connectivity index (χ3n) is 2.42. The molecule has 0 saturated carbocycles. The van der Waals surface area contributed by atoms with E-state index in [0.29, 0.717) is 0 Å². The van der Waals surface area contributed by atoms with Crippen molar-refractivity contribution < 1.29 is 40.5 Å². The van der Waals surface area contributed by atoms with E-state index >= 15 is 0 Å². The lowest BCUT2D eigenvalue weighted by Gasteiger charge is -2.24. The van der Waals surface area contributed by atoms with Gasteiger partial charge in [-0.2, -0.15) is 0 Å². The zero-order chi connectivity index (χ0) is 16.4. The number of carboxylic acid groups (broad SMARTS) is 1. The number of rotatable bonds is 6. The highest BCUT2D eigenvalue weighted by Crippen LogP contribution is 2.04. The molecule has 0 unspecified atom stereocenters. The van der Waals surface area contributed by atoms with E-state index in [0.717, 1.165) is 0 Å². The summed E-state index contributed by atoms with van der Waals surface area (Å²) < 4.78 is 0. The maximum Gasteiger partial charge on any atom is 0.337 e. The molecule has 21 heavy (non-hydrogen) atoms. The van der Waals surface area contributed by atoms with Crippen LogP contribution in [0.3, 0.4) is 0 Å². The molecule has 1 aromatic rings. The molecule has 0 bridgehead atoms. The van der Waals surface area contributed by atoms with E-state index < -0.39 is 43.6 Å². The first-order valence-corrected chi connectivity index (χ1v) is 5.92. The summed E-state index contributed by atoms with van der Waals surface area (Å²) >= 11 is 0. The number of aliphatic hydroxyl groups is 6.